The minimum atomic E-state index is 0.535. The summed E-state index contributed by atoms with van der Waals surface area (Å²) >= 11 is 3.55. The first-order valence-electron chi connectivity index (χ1n) is 7.32. The van der Waals surface area contributed by atoms with Crippen molar-refractivity contribution >= 4 is 15.9 Å². The van der Waals surface area contributed by atoms with E-state index < -0.39 is 0 Å². The van der Waals surface area contributed by atoms with E-state index in [4.69, 9.17) is 14.2 Å². The Balaban J connectivity index is 2.29. The quantitative estimate of drug-likeness (QED) is 0.615. The third kappa shape index (κ3) is 8.41. The highest BCUT2D eigenvalue weighted by Crippen LogP contribution is 2.26. The van der Waals surface area contributed by atoms with Crippen LogP contribution in [-0.4, -0.2) is 40.1 Å². The lowest BCUT2D eigenvalue weighted by atomic mass is 10.2. The largest absolute Gasteiger partial charge is 0.490 e. The van der Waals surface area contributed by atoms with Gasteiger partial charge in [0.25, 0.3) is 0 Å². The molecule has 0 aromatic heterocycles. The highest BCUT2D eigenvalue weighted by Gasteiger charge is 2.03. The highest BCUT2D eigenvalue weighted by molar-refractivity contribution is 9.10. The van der Waals surface area contributed by atoms with Crippen LogP contribution in [-0.2, 0) is 16.0 Å². The second-order valence-electron chi connectivity index (χ2n) is 5.24. The summed E-state index contributed by atoms with van der Waals surface area (Å²) in [5.74, 6) is 1.51. The molecule has 1 aromatic carbocycles. The average molecular weight is 360 g/mol. The van der Waals surface area contributed by atoms with Crippen molar-refractivity contribution < 1.29 is 14.2 Å². The lowest BCUT2D eigenvalue weighted by Gasteiger charge is -2.11. The fourth-order valence-electron chi connectivity index (χ4n) is 1.73. The van der Waals surface area contributed by atoms with Crippen LogP contribution in [0.2, 0.25) is 0 Å². The van der Waals surface area contributed by atoms with Gasteiger partial charge in [-0.25, -0.2) is 0 Å². The minimum absolute atomic E-state index is 0.535. The molecule has 0 spiro atoms. The van der Waals surface area contributed by atoms with Gasteiger partial charge in [-0.05, 0) is 46.1 Å². The summed E-state index contributed by atoms with van der Waals surface area (Å²) in [5, 5.41) is 3.43. The maximum absolute atomic E-state index is 5.68. The van der Waals surface area contributed by atoms with Gasteiger partial charge in [-0.1, -0.05) is 19.9 Å². The molecule has 0 bridgehead atoms. The van der Waals surface area contributed by atoms with Gasteiger partial charge in [0.2, 0.25) is 0 Å². The lowest BCUT2D eigenvalue weighted by molar-refractivity contribution is 0.0543. The maximum Gasteiger partial charge on any atom is 0.133 e. The molecule has 0 unspecified atom stereocenters. The van der Waals surface area contributed by atoms with Gasteiger partial charge < -0.3 is 19.5 Å². The number of halogens is 1. The molecule has 1 rings (SSSR count). The molecule has 21 heavy (non-hydrogen) atoms. The third-order valence-electron chi connectivity index (χ3n) is 2.80. The summed E-state index contributed by atoms with van der Waals surface area (Å²) in [4.78, 5) is 0. The maximum atomic E-state index is 5.68. The Bertz CT molecular complexity index is 399. The first-order chi connectivity index (χ1) is 10.1. The zero-order valence-electron chi connectivity index (χ0n) is 13.2. The highest BCUT2D eigenvalue weighted by atomic mass is 79.9. The van der Waals surface area contributed by atoms with Crippen molar-refractivity contribution in [3.8, 4) is 5.75 Å². The van der Waals surface area contributed by atoms with Crippen LogP contribution in [0.1, 0.15) is 19.4 Å². The molecule has 0 radical (unpaired) electrons. The molecule has 0 aliphatic heterocycles. The Hall–Kier alpha value is -0.620. The van der Waals surface area contributed by atoms with Gasteiger partial charge in [0.05, 0.1) is 24.3 Å². The van der Waals surface area contributed by atoms with Crippen LogP contribution in [0.4, 0.5) is 0 Å². The second kappa shape index (κ2) is 11.0. The molecular formula is C16H26BrNO3. The molecule has 0 atom stereocenters. The van der Waals surface area contributed by atoms with Gasteiger partial charge in [-0.2, -0.15) is 0 Å². The van der Waals surface area contributed by atoms with Gasteiger partial charge >= 0.3 is 0 Å². The molecule has 120 valence electrons. The molecule has 0 saturated heterocycles. The first-order valence-corrected chi connectivity index (χ1v) is 8.11. The summed E-state index contributed by atoms with van der Waals surface area (Å²) in [6.45, 7) is 8.61. The van der Waals surface area contributed by atoms with E-state index in [2.05, 4.69) is 47.2 Å². The normalized spacial score (nSPS) is 11.1. The molecular weight excluding hydrogens is 334 g/mol. The summed E-state index contributed by atoms with van der Waals surface area (Å²) in [6, 6.07) is 6.17. The number of rotatable bonds is 11. The number of hydrogen-bond donors (Lipinski definition) is 1. The summed E-state index contributed by atoms with van der Waals surface area (Å²) in [5.41, 5.74) is 1.24. The van der Waals surface area contributed by atoms with E-state index in [-0.39, 0.29) is 0 Å². The number of methoxy groups -OCH3 is 1. The van der Waals surface area contributed by atoms with Crippen LogP contribution < -0.4 is 10.1 Å². The number of nitrogens with one attached hydrogen (secondary N) is 1. The van der Waals surface area contributed by atoms with Crippen molar-refractivity contribution in [3.63, 3.8) is 0 Å². The topological polar surface area (TPSA) is 39.7 Å². The molecule has 5 heteroatoms. The van der Waals surface area contributed by atoms with E-state index in [1.807, 2.05) is 6.07 Å². The van der Waals surface area contributed by atoms with E-state index in [1.165, 1.54) is 5.56 Å². The average Bonchev–Trinajstić information content (AvgIpc) is 2.44. The summed E-state index contributed by atoms with van der Waals surface area (Å²) in [6.07, 6.45) is 0. The van der Waals surface area contributed by atoms with Crippen LogP contribution in [0.3, 0.4) is 0 Å². The summed E-state index contributed by atoms with van der Waals surface area (Å²) in [7, 11) is 1.66. The number of benzene rings is 1. The Morgan fingerprint density at radius 2 is 1.90 bits per heavy atom. The van der Waals surface area contributed by atoms with Crippen molar-refractivity contribution in [1.82, 2.24) is 5.32 Å². The van der Waals surface area contributed by atoms with Crippen LogP contribution in [0, 0.1) is 5.92 Å². The predicted octanol–water partition coefficient (Wildman–Crippen LogP) is 3.24. The van der Waals surface area contributed by atoms with Gasteiger partial charge in [-0.15, -0.1) is 0 Å². The van der Waals surface area contributed by atoms with Crippen molar-refractivity contribution in [2.75, 3.05) is 40.1 Å². The Kier molecular flexibility index (Phi) is 9.67. The minimum Gasteiger partial charge on any atom is -0.490 e. The fourth-order valence-corrected chi connectivity index (χ4v) is 2.27. The van der Waals surface area contributed by atoms with Crippen LogP contribution in [0.5, 0.6) is 5.75 Å². The first kappa shape index (κ1) is 18.4. The Morgan fingerprint density at radius 1 is 1.14 bits per heavy atom. The van der Waals surface area contributed by atoms with Crippen LogP contribution in [0.15, 0.2) is 22.7 Å². The van der Waals surface area contributed by atoms with Gasteiger partial charge in [-0.3, -0.25) is 0 Å². The van der Waals surface area contributed by atoms with Crippen molar-refractivity contribution in [1.29, 1.82) is 0 Å². The molecule has 1 aromatic rings. The SMILES string of the molecule is COCCOCCOc1ccc(CNCC(C)C)cc1Br. The van der Waals surface area contributed by atoms with E-state index in [9.17, 15) is 0 Å². The van der Waals surface area contributed by atoms with E-state index in [1.54, 1.807) is 7.11 Å². The molecule has 0 aliphatic carbocycles. The zero-order valence-corrected chi connectivity index (χ0v) is 14.7. The van der Waals surface area contributed by atoms with Crippen LogP contribution in [0.25, 0.3) is 0 Å². The molecule has 4 nitrogen and oxygen atoms in total. The number of ether oxygens (including phenoxy) is 3. The molecule has 0 fully saturated rings. The standard InChI is InChI=1S/C16H26BrNO3/c1-13(2)11-18-12-14-4-5-16(15(17)10-14)21-9-8-20-7-6-19-3/h4-5,10,13,18H,6-9,11-12H2,1-3H3. The van der Waals surface area contributed by atoms with Crippen molar-refractivity contribution in [2.45, 2.75) is 20.4 Å². The molecule has 0 heterocycles. The monoisotopic (exact) mass is 359 g/mol. The smallest absolute Gasteiger partial charge is 0.133 e. The summed E-state index contributed by atoms with van der Waals surface area (Å²) < 4.78 is 16.9. The molecule has 0 saturated carbocycles. The second-order valence-corrected chi connectivity index (χ2v) is 6.10. The number of hydrogen-bond acceptors (Lipinski definition) is 4. The molecule has 0 aliphatic rings. The molecule has 0 amide bonds. The predicted molar refractivity (Wildman–Crippen MR) is 88.9 cm³/mol. The van der Waals surface area contributed by atoms with E-state index in [0.717, 1.165) is 23.3 Å². The fraction of sp³-hybridized carbons (Fsp3) is 0.625. The van der Waals surface area contributed by atoms with Crippen molar-refractivity contribution in [2.24, 2.45) is 5.92 Å². The molecule has 1 N–H and O–H groups in total. The third-order valence-corrected chi connectivity index (χ3v) is 3.41. The zero-order chi connectivity index (χ0) is 15.5. The van der Waals surface area contributed by atoms with E-state index >= 15 is 0 Å². The van der Waals surface area contributed by atoms with Gasteiger partial charge in [0.15, 0.2) is 0 Å². The lowest BCUT2D eigenvalue weighted by Crippen LogP contribution is -2.18. The Labute approximate surface area is 136 Å². The Morgan fingerprint density at radius 3 is 2.57 bits per heavy atom. The van der Waals surface area contributed by atoms with Gasteiger partial charge in [0.1, 0.15) is 12.4 Å². The van der Waals surface area contributed by atoms with E-state index in [0.29, 0.717) is 32.3 Å². The van der Waals surface area contributed by atoms with Crippen LogP contribution >= 0.6 is 15.9 Å². The van der Waals surface area contributed by atoms with Gasteiger partial charge in [0, 0.05) is 13.7 Å². The van der Waals surface area contributed by atoms with Crippen molar-refractivity contribution in [3.05, 3.63) is 28.2 Å².